The van der Waals surface area contributed by atoms with Gasteiger partial charge < -0.3 is 25.0 Å². The third-order valence-corrected chi connectivity index (χ3v) is 5.43. The summed E-state index contributed by atoms with van der Waals surface area (Å²) in [4.78, 5) is 9.77. The first-order valence-electron chi connectivity index (χ1n) is 11.3. The van der Waals surface area contributed by atoms with E-state index in [2.05, 4.69) is 53.5 Å². The molecule has 2 rings (SSSR count). The van der Waals surface area contributed by atoms with E-state index in [1.54, 1.807) is 7.11 Å². The van der Waals surface area contributed by atoms with Crippen LogP contribution in [0, 0.1) is 0 Å². The van der Waals surface area contributed by atoms with E-state index in [0.29, 0.717) is 6.54 Å². The van der Waals surface area contributed by atoms with Crippen molar-refractivity contribution >= 4 is 5.96 Å². The van der Waals surface area contributed by atoms with Crippen molar-refractivity contribution in [3.8, 4) is 5.75 Å². The molecule has 1 saturated heterocycles. The number of hydrogen-bond donors (Lipinski definition) is 2. The maximum absolute atomic E-state index is 5.56. The van der Waals surface area contributed by atoms with Crippen LogP contribution in [0.25, 0.3) is 0 Å². The van der Waals surface area contributed by atoms with Crippen molar-refractivity contribution in [1.29, 1.82) is 0 Å². The van der Waals surface area contributed by atoms with Crippen molar-refractivity contribution in [2.75, 3.05) is 73.2 Å². The highest BCUT2D eigenvalue weighted by Crippen LogP contribution is 2.24. The molecule has 1 unspecified atom stereocenters. The number of nitrogens with one attached hydrogen (secondary N) is 2. The molecule has 0 saturated carbocycles. The van der Waals surface area contributed by atoms with Gasteiger partial charge in [-0.2, -0.15) is 0 Å². The lowest BCUT2D eigenvalue weighted by atomic mass is 10.0. The van der Waals surface area contributed by atoms with Gasteiger partial charge in [0.1, 0.15) is 5.75 Å². The van der Waals surface area contributed by atoms with Crippen LogP contribution in [-0.2, 0) is 4.74 Å². The molecule has 1 aliphatic heterocycles. The van der Waals surface area contributed by atoms with Crippen LogP contribution in [0.1, 0.15) is 38.3 Å². The molecule has 1 aromatic rings. The van der Waals surface area contributed by atoms with Gasteiger partial charge in [-0.25, -0.2) is 0 Å². The average molecular weight is 420 g/mol. The first-order chi connectivity index (χ1) is 14.7. The molecule has 1 fully saturated rings. The minimum Gasteiger partial charge on any atom is -0.497 e. The molecule has 1 aliphatic rings. The molecular weight excluding hydrogens is 378 g/mol. The normalized spacial score (nSPS) is 16.5. The van der Waals surface area contributed by atoms with Crippen LogP contribution in [0.2, 0.25) is 0 Å². The number of rotatable bonds is 12. The Morgan fingerprint density at radius 3 is 2.53 bits per heavy atom. The Hall–Kier alpha value is -1.83. The average Bonchev–Trinajstić information content (AvgIpc) is 2.79. The third-order valence-electron chi connectivity index (χ3n) is 5.43. The van der Waals surface area contributed by atoms with E-state index in [0.717, 1.165) is 64.2 Å². The first kappa shape index (κ1) is 24.4. The number of nitrogens with zero attached hydrogens (tertiary/aromatic N) is 3. The van der Waals surface area contributed by atoms with Gasteiger partial charge in [0.25, 0.3) is 0 Å². The summed E-state index contributed by atoms with van der Waals surface area (Å²) in [7, 11) is 3.88. The van der Waals surface area contributed by atoms with Crippen LogP contribution in [0.3, 0.4) is 0 Å². The fraction of sp³-hybridized carbons (Fsp3) is 0.696. The molecule has 0 bridgehead atoms. The van der Waals surface area contributed by atoms with Crippen LogP contribution in [0.5, 0.6) is 5.75 Å². The Bertz CT molecular complexity index is 602. The SMILES string of the molecule is CCCCN(C)CCNC(=NCC(c1ccc(OC)cc1)N1CCOCC1)NCC. The lowest BCUT2D eigenvalue weighted by Gasteiger charge is -2.34. The van der Waals surface area contributed by atoms with Gasteiger partial charge in [0, 0.05) is 32.7 Å². The predicted octanol–water partition coefficient (Wildman–Crippen LogP) is 2.36. The first-order valence-corrected chi connectivity index (χ1v) is 11.3. The summed E-state index contributed by atoms with van der Waals surface area (Å²) in [5.41, 5.74) is 1.26. The van der Waals surface area contributed by atoms with Gasteiger partial charge in [-0.05, 0) is 44.6 Å². The molecule has 1 atom stereocenters. The number of ether oxygens (including phenoxy) is 2. The fourth-order valence-corrected chi connectivity index (χ4v) is 3.57. The Labute approximate surface area is 182 Å². The molecule has 0 amide bonds. The van der Waals surface area contributed by atoms with Gasteiger partial charge in [0.05, 0.1) is 32.9 Å². The molecule has 2 N–H and O–H groups in total. The van der Waals surface area contributed by atoms with E-state index in [1.165, 1.54) is 18.4 Å². The highest BCUT2D eigenvalue weighted by Gasteiger charge is 2.22. The van der Waals surface area contributed by atoms with Crippen molar-refractivity contribution < 1.29 is 9.47 Å². The lowest BCUT2D eigenvalue weighted by molar-refractivity contribution is 0.0179. The van der Waals surface area contributed by atoms with Crippen LogP contribution < -0.4 is 15.4 Å². The minimum absolute atomic E-state index is 0.225. The molecule has 0 radical (unpaired) electrons. The van der Waals surface area contributed by atoms with E-state index >= 15 is 0 Å². The van der Waals surface area contributed by atoms with Crippen LogP contribution in [-0.4, -0.2) is 88.9 Å². The Morgan fingerprint density at radius 1 is 1.17 bits per heavy atom. The maximum atomic E-state index is 5.56. The van der Waals surface area contributed by atoms with E-state index in [1.807, 2.05) is 12.1 Å². The van der Waals surface area contributed by atoms with Gasteiger partial charge in [-0.1, -0.05) is 25.5 Å². The van der Waals surface area contributed by atoms with Crippen LogP contribution in [0.15, 0.2) is 29.3 Å². The zero-order valence-electron chi connectivity index (χ0n) is 19.3. The van der Waals surface area contributed by atoms with Gasteiger partial charge in [0.2, 0.25) is 0 Å². The van der Waals surface area contributed by atoms with E-state index in [9.17, 15) is 0 Å². The predicted molar refractivity (Wildman–Crippen MR) is 125 cm³/mol. The van der Waals surface area contributed by atoms with Crippen molar-refractivity contribution in [2.45, 2.75) is 32.7 Å². The van der Waals surface area contributed by atoms with E-state index in [4.69, 9.17) is 14.5 Å². The molecule has 7 heteroatoms. The number of likely N-dealkylation sites (N-methyl/N-ethyl adjacent to an activating group) is 1. The minimum atomic E-state index is 0.225. The van der Waals surface area contributed by atoms with Crippen molar-refractivity contribution in [3.63, 3.8) is 0 Å². The fourth-order valence-electron chi connectivity index (χ4n) is 3.57. The second kappa shape index (κ2) is 14.2. The number of aliphatic imine (C=N–C) groups is 1. The highest BCUT2D eigenvalue weighted by atomic mass is 16.5. The van der Waals surface area contributed by atoms with Gasteiger partial charge in [-0.3, -0.25) is 9.89 Å². The summed E-state index contributed by atoms with van der Waals surface area (Å²) in [5, 5.41) is 6.87. The van der Waals surface area contributed by atoms with Crippen LogP contribution in [0.4, 0.5) is 0 Å². The summed E-state index contributed by atoms with van der Waals surface area (Å²) in [6, 6.07) is 8.58. The highest BCUT2D eigenvalue weighted by molar-refractivity contribution is 5.79. The largest absolute Gasteiger partial charge is 0.497 e. The van der Waals surface area contributed by atoms with Crippen molar-refractivity contribution in [2.24, 2.45) is 4.99 Å². The monoisotopic (exact) mass is 419 g/mol. The molecule has 1 aromatic carbocycles. The van der Waals surface area contributed by atoms with Gasteiger partial charge >= 0.3 is 0 Å². The summed E-state index contributed by atoms with van der Waals surface area (Å²) in [6.07, 6.45) is 2.48. The molecule has 7 nitrogen and oxygen atoms in total. The van der Waals surface area contributed by atoms with Gasteiger partial charge in [-0.15, -0.1) is 0 Å². The molecule has 170 valence electrons. The Balaban J connectivity index is 2.01. The topological polar surface area (TPSA) is 61.4 Å². The Morgan fingerprint density at radius 2 is 1.90 bits per heavy atom. The second-order valence-electron chi connectivity index (χ2n) is 7.74. The Kier molecular flexibility index (Phi) is 11.6. The smallest absolute Gasteiger partial charge is 0.191 e. The van der Waals surface area contributed by atoms with Crippen molar-refractivity contribution in [1.82, 2.24) is 20.4 Å². The molecule has 1 heterocycles. The number of methoxy groups -OCH3 is 1. The van der Waals surface area contributed by atoms with E-state index in [-0.39, 0.29) is 6.04 Å². The summed E-state index contributed by atoms with van der Waals surface area (Å²) in [6.45, 7) is 12.3. The molecular formula is C23H41N5O2. The summed E-state index contributed by atoms with van der Waals surface area (Å²) >= 11 is 0. The molecule has 30 heavy (non-hydrogen) atoms. The summed E-state index contributed by atoms with van der Waals surface area (Å²) < 4.78 is 10.9. The lowest BCUT2D eigenvalue weighted by Crippen LogP contribution is -2.43. The number of unbranched alkanes of at least 4 members (excludes halogenated alkanes) is 1. The number of guanidine groups is 1. The van der Waals surface area contributed by atoms with E-state index < -0.39 is 0 Å². The number of hydrogen-bond acceptors (Lipinski definition) is 5. The standard InChI is InChI=1S/C23H41N5O2/c1-5-7-13-27(3)14-12-25-23(24-6-2)26-19-22(28-15-17-30-18-16-28)20-8-10-21(29-4)11-9-20/h8-11,22H,5-7,12-19H2,1-4H3,(H2,24,25,26). The molecule has 0 spiro atoms. The number of morpholine rings is 1. The quantitative estimate of drug-likeness (QED) is 0.401. The maximum Gasteiger partial charge on any atom is 0.191 e. The number of benzene rings is 1. The molecule has 0 aromatic heterocycles. The summed E-state index contributed by atoms with van der Waals surface area (Å²) in [5.74, 6) is 1.76. The zero-order valence-corrected chi connectivity index (χ0v) is 19.3. The van der Waals surface area contributed by atoms with Gasteiger partial charge in [0.15, 0.2) is 5.96 Å². The third kappa shape index (κ3) is 8.50. The second-order valence-corrected chi connectivity index (χ2v) is 7.74. The van der Waals surface area contributed by atoms with Crippen LogP contribution >= 0.6 is 0 Å². The zero-order chi connectivity index (χ0) is 21.6. The molecule has 0 aliphatic carbocycles. The van der Waals surface area contributed by atoms with Crippen molar-refractivity contribution in [3.05, 3.63) is 29.8 Å².